The van der Waals surface area contributed by atoms with Crippen LogP contribution in [0, 0.1) is 0 Å². The molecule has 0 amide bonds. The molecule has 2 N–H and O–H groups in total. The standard InChI is InChI=1S/C24H26N2O3S/c1-29-24(28)22-13-18-17-5-3-4-6-19(17)25-23(18)21-12-15(27)11-20(26(21)22)14-7-9-16(30-2)10-8-14/h3-10,15,20-22,25,27H,11-13H2,1-2H3/t15-,20-,21+,22-/m0/s1. The van der Waals surface area contributed by atoms with Gasteiger partial charge in [-0.3, -0.25) is 9.69 Å². The number of aliphatic hydroxyl groups is 1. The normalized spacial score (nSPS) is 26.2. The number of methoxy groups -OCH3 is 1. The lowest BCUT2D eigenvalue weighted by Gasteiger charge is -2.49. The summed E-state index contributed by atoms with van der Waals surface area (Å²) in [6.07, 6.45) is 3.46. The van der Waals surface area contributed by atoms with Crippen molar-refractivity contribution in [2.75, 3.05) is 13.4 Å². The van der Waals surface area contributed by atoms with E-state index in [9.17, 15) is 9.90 Å². The summed E-state index contributed by atoms with van der Waals surface area (Å²) >= 11 is 1.71. The average Bonchev–Trinajstić information content (AvgIpc) is 3.16. The Bertz CT molecular complexity index is 1080. The number of nitrogens with zero attached hydrogens (tertiary/aromatic N) is 1. The molecule has 0 saturated carbocycles. The van der Waals surface area contributed by atoms with Gasteiger partial charge in [-0.25, -0.2) is 0 Å². The molecular formula is C24H26N2O3S. The van der Waals surface area contributed by atoms with Gasteiger partial charge in [-0.2, -0.15) is 0 Å². The van der Waals surface area contributed by atoms with E-state index < -0.39 is 6.10 Å². The molecule has 0 aliphatic carbocycles. The predicted molar refractivity (Wildman–Crippen MR) is 119 cm³/mol. The monoisotopic (exact) mass is 422 g/mol. The lowest BCUT2D eigenvalue weighted by Crippen LogP contribution is -2.53. The smallest absolute Gasteiger partial charge is 0.323 e. The fourth-order valence-corrected chi connectivity index (χ4v) is 5.68. The SMILES string of the molecule is COC(=O)[C@@H]1Cc2c([nH]c3ccccc23)[C@H]2C[C@@H](O)C[C@@H](c3ccc(SC)cc3)N21. The zero-order chi connectivity index (χ0) is 20.8. The molecule has 1 aromatic heterocycles. The Morgan fingerprint density at radius 2 is 1.87 bits per heavy atom. The van der Waals surface area contributed by atoms with E-state index >= 15 is 0 Å². The maximum Gasteiger partial charge on any atom is 0.323 e. The third kappa shape index (κ3) is 3.14. The Balaban J connectivity index is 1.64. The lowest BCUT2D eigenvalue weighted by atomic mass is 9.80. The third-order valence-corrected chi connectivity index (χ3v) is 7.37. The number of rotatable bonds is 3. The van der Waals surface area contributed by atoms with Gasteiger partial charge in [-0.15, -0.1) is 11.8 Å². The molecule has 5 nitrogen and oxygen atoms in total. The average molecular weight is 423 g/mol. The van der Waals surface area contributed by atoms with Crippen LogP contribution in [-0.2, 0) is 16.0 Å². The molecule has 0 bridgehead atoms. The van der Waals surface area contributed by atoms with Gasteiger partial charge in [0, 0.05) is 34.0 Å². The predicted octanol–water partition coefficient (Wildman–Crippen LogP) is 4.23. The van der Waals surface area contributed by atoms with Crippen molar-refractivity contribution in [3.8, 4) is 0 Å². The zero-order valence-electron chi connectivity index (χ0n) is 17.2. The first kappa shape index (κ1) is 19.7. The summed E-state index contributed by atoms with van der Waals surface area (Å²) in [6, 6.07) is 16.2. The number of nitrogens with one attached hydrogen (secondary N) is 1. The van der Waals surface area contributed by atoms with Gasteiger partial charge in [0.15, 0.2) is 0 Å². The highest BCUT2D eigenvalue weighted by Crippen LogP contribution is 2.48. The Morgan fingerprint density at radius 3 is 2.60 bits per heavy atom. The van der Waals surface area contributed by atoms with Gasteiger partial charge in [-0.05, 0) is 48.4 Å². The third-order valence-electron chi connectivity index (χ3n) is 6.62. The van der Waals surface area contributed by atoms with Crippen LogP contribution in [0.2, 0.25) is 0 Å². The molecule has 2 aromatic carbocycles. The molecule has 0 radical (unpaired) electrons. The molecule has 2 aliphatic heterocycles. The van der Waals surface area contributed by atoms with Crippen molar-refractivity contribution in [3.05, 3.63) is 65.4 Å². The quantitative estimate of drug-likeness (QED) is 0.489. The zero-order valence-corrected chi connectivity index (χ0v) is 18.0. The van der Waals surface area contributed by atoms with E-state index in [0.29, 0.717) is 19.3 Å². The second kappa shape index (κ2) is 7.76. The largest absolute Gasteiger partial charge is 0.468 e. The number of aromatic nitrogens is 1. The van der Waals surface area contributed by atoms with Crippen molar-refractivity contribution in [2.45, 2.75) is 48.4 Å². The van der Waals surface area contributed by atoms with Crippen LogP contribution < -0.4 is 0 Å². The van der Waals surface area contributed by atoms with E-state index in [4.69, 9.17) is 4.74 Å². The van der Waals surface area contributed by atoms with E-state index in [1.54, 1.807) is 11.8 Å². The summed E-state index contributed by atoms with van der Waals surface area (Å²) in [5, 5.41) is 12.0. The van der Waals surface area contributed by atoms with Gasteiger partial charge >= 0.3 is 5.97 Å². The van der Waals surface area contributed by atoms with Crippen molar-refractivity contribution in [1.82, 2.24) is 9.88 Å². The molecule has 4 atom stereocenters. The van der Waals surface area contributed by atoms with Gasteiger partial charge in [0.2, 0.25) is 0 Å². The number of para-hydroxylation sites is 1. The number of fused-ring (bicyclic) bond motifs is 5. The second-order valence-electron chi connectivity index (χ2n) is 8.18. The number of piperidine rings is 1. The maximum atomic E-state index is 12.9. The van der Waals surface area contributed by atoms with Gasteiger partial charge in [0.05, 0.1) is 19.3 Å². The van der Waals surface area contributed by atoms with Crippen molar-refractivity contribution in [3.63, 3.8) is 0 Å². The minimum atomic E-state index is -0.424. The number of thioether (sulfide) groups is 1. The Hall–Kier alpha value is -2.28. The van der Waals surface area contributed by atoms with Crippen molar-refractivity contribution >= 4 is 28.6 Å². The van der Waals surface area contributed by atoms with Gasteiger partial charge < -0.3 is 14.8 Å². The number of hydrogen-bond donors (Lipinski definition) is 2. The Morgan fingerprint density at radius 1 is 1.13 bits per heavy atom. The Kier molecular flexibility index (Phi) is 5.09. The number of ether oxygens (including phenoxy) is 1. The summed E-state index contributed by atoms with van der Waals surface area (Å²) in [5.41, 5.74) is 4.51. The van der Waals surface area contributed by atoms with Gasteiger partial charge in [0.1, 0.15) is 6.04 Å². The molecule has 0 unspecified atom stereocenters. The van der Waals surface area contributed by atoms with Crippen molar-refractivity contribution in [1.29, 1.82) is 0 Å². The number of esters is 1. The lowest BCUT2D eigenvalue weighted by molar-refractivity contribution is -0.153. The minimum Gasteiger partial charge on any atom is -0.468 e. The summed E-state index contributed by atoms with van der Waals surface area (Å²) in [5.74, 6) is -0.210. The molecule has 5 rings (SSSR count). The van der Waals surface area contributed by atoms with Gasteiger partial charge in [0.25, 0.3) is 0 Å². The van der Waals surface area contributed by atoms with Crippen LogP contribution in [0.4, 0.5) is 0 Å². The van der Waals surface area contributed by atoms with Crippen LogP contribution in [0.15, 0.2) is 53.4 Å². The Labute approximate surface area is 180 Å². The highest BCUT2D eigenvalue weighted by atomic mass is 32.2. The topological polar surface area (TPSA) is 65.6 Å². The summed E-state index contributed by atoms with van der Waals surface area (Å²) in [4.78, 5) is 20.0. The van der Waals surface area contributed by atoms with E-state index in [1.807, 2.05) is 12.1 Å². The van der Waals surface area contributed by atoms with Crippen LogP contribution in [-0.4, -0.2) is 46.5 Å². The van der Waals surface area contributed by atoms with E-state index in [1.165, 1.54) is 17.6 Å². The number of carbonyl (C=O) groups excluding carboxylic acids is 1. The molecule has 156 valence electrons. The molecule has 1 saturated heterocycles. The van der Waals surface area contributed by atoms with Crippen LogP contribution in [0.3, 0.4) is 0 Å². The molecule has 2 aliphatic rings. The number of hydrogen-bond acceptors (Lipinski definition) is 5. The van der Waals surface area contributed by atoms with Crippen molar-refractivity contribution < 1.29 is 14.6 Å². The fraction of sp³-hybridized carbons (Fsp3) is 0.375. The highest BCUT2D eigenvalue weighted by Gasteiger charge is 2.48. The summed E-state index contributed by atoms with van der Waals surface area (Å²) < 4.78 is 5.23. The van der Waals surface area contributed by atoms with Gasteiger partial charge in [-0.1, -0.05) is 30.3 Å². The number of aromatic amines is 1. The summed E-state index contributed by atoms with van der Waals surface area (Å²) in [6.45, 7) is 0. The molecule has 1 fully saturated rings. The molecule has 3 aromatic rings. The van der Waals surface area contributed by atoms with Crippen LogP contribution >= 0.6 is 11.8 Å². The number of H-pyrrole nitrogens is 1. The van der Waals surface area contributed by atoms with Crippen LogP contribution in [0.25, 0.3) is 10.9 Å². The van der Waals surface area contributed by atoms with E-state index in [2.05, 4.69) is 52.5 Å². The first-order chi connectivity index (χ1) is 14.6. The molecule has 30 heavy (non-hydrogen) atoms. The minimum absolute atomic E-state index is 0.0432. The molecular weight excluding hydrogens is 396 g/mol. The molecule has 0 spiro atoms. The summed E-state index contributed by atoms with van der Waals surface area (Å²) in [7, 11) is 1.46. The number of carbonyl (C=O) groups is 1. The fourth-order valence-electron chi connectivity index (χ4n) is 5.27. The van der Waals surface area contributed by atoms with E-state index in [-0.39, 0.29) is 24.1 Å². The first-order valence-electron chi connectivity index (χ1n) is 10.4. The van der Waals surface area contributed by atoms with Crippen LogP contribution in [0.5, 0.6) is 0 Å². The highest BCUT2D eigenvalue weighted by molar-refractivity contribution is 7.98. The van der Waals surface area contributed by atoms with E-state index in [0.717, 1.165) is 22.2 Å². The maximum absolute atomic E-state index is 12.9. The first-order valence-corrected chi connectivity index (χ1v) is 11.6. The second-order valence-corrected chi connectivity index (χ2v) is 9.06. The van der Waals surface area contributed by atoms with Crippen LogP contribution in [0.1, 0.15) is 41.7 Å². The molecule has 6 heteroatoms. The number of aliphatic hydroxyl groups excluding tert-OH is 1. The number of benzene rings is 2. The molecule has 3 heterocycles. The van der Waals surface area contributed by atoms with Crippen molar-refractivity contribution in [2.24, 2.45) is 0 Å².